The standard InChI is InChI=1S/C35H45FN4O5Si/c1-34(2,3)46(6,7)43-21-26-30-31(45-35(4,5)44-30)28(37-26)25-18-40(22-41-19-23-14-10-8-11-15-23)29-27(25)38-33(36)39-32(29)42-20-24-16-12-9-13-17-24/h8-18,26,28,30-31,37H,19-22H2,1-7H3/t26-,28+,30-,31+/m1/s1. The number of hydrogen-bond acceptors (Lipinski definition) is 8. The maximum Gasteiger partial charge on any atom is 0.312 e. The zero-order chi connectivity index (χ0) is 32.7. The van der Waals surface area contributed by atoms with Crippen molar-refractivity contribution in [3.8, 4) is 5.88 Å². The van der Waals surface area contributed by atoms with Crippen LogP contribution in [0.1, 0.15) is 57.4 Å². The zero-order valence-electron chi connectivity index (χ0n) is 27.7. The Hall–Kier alpha value is -3.19. The van der Waals surface area contributed by atoms with Gasteiger partial charge in [0.2, 0.25) is 5.88 Å². The maximum absolute atomic E-state index is 15.2. The third kappa shape index (κ3) is 6.90. The summed E-state index contributed by atoms with van der Waals surface area (Å²) in [5.74, 6) is -0.635. The lowest BCUT2D eigenvalue weighted by Crippen LogP contribution is -2.47. The first-order chi connectivity index (χ1) is 21.8. The SMILES string of the molecule is CC1(C)O[C@@H]2[C@H](O1)[C@@H](CO[Si](C)(C)C(C)(C)C)N[C@H]2c1cn(COCc2ccccc2)c2c(OCc3ccccc3)nc(F)nc12. The molecule has 0 saturated carbocycles. The number of nitrogens with one attached hydrogen (secondary N) is 1. The lowest BCUT2D eigenvalue weighted by molar-refractivity contribution is -0.157. The van der Waals surface area contributed by atoms with E-state index in [0.29, 0.717) is 24.2 Å². The Balaban J connectivity index is 1.35. The number of aromatic nitrogens is 3. The Morgan fingerprint density at radius 1 is 0.935 bits per heavy atom. The first-order valence-corrected chi connectivity index (χ1v) is 18.8. The second-order valence-electron chi connectivity index (χ2n) is 14.2. The van der Waals surface area contributed by atoms with Crippen molar-refractivity contribution in [2.75, 3.05) is 6.61 Å². The average Bonchev–Trinajstić information content (AvgIpc) is 3.63. The van der Waals surface area contributed by atoms with Gasteiger partial charge in [0.15, 0.2) is 14.1 Å². The molecule has 0 unspecified atom stereocenters. The fourth-order valence-corrected chi connectivity index (χ4v) is 6.91. The molecule has 2 aliphatic rings. The molecule has 2 fully saturated rings. The Morgan fingerprint density at radius 2 is 1.57 bits per heavy atom. The van der Waals surface area contributed by atoms with Crippen molar-refractivity contribution in [3.05, 3.63) is 89.6 Å². The van der Waals surface area contributed by atoms with Gasteiger partial charge in [-0.25, -0.2) is 0 Å². The fraction of sp³-hybridized carbons (Fsp3) is 0.486. The predicted molar refractivity (Wildman–Crippen MR) is 176 cm³/mol. The average molecular weight is 649 g/mol. The molecule has 2 aliphatic heterocycles. The van der Waals surface area contributed by atoms with Crippen molar-refractivity contribution in [1.29, 1.82) is 0 Å². The minimum absolute atomic E-state index is 0.0640. The second kappa shape index (κ2) is 12.8. The van der Waals surface area contributed by atoms with Crippen molar-refractivity contribution in [1.82, 2.24) is 19.9 Å². The van der Waals surface area contributed by atoms with Crippen LogP contribution in [0, 0.1) is 6.08 Å². The summed E-state index contributed by atoms with van der Waals surface area (Å²) in [7, 11) is -2.03. The van der Waals surface area contributed by atoms with E-state index in [2.05, 4.69) is 49.1 Å². The maximum atomic E-state index is 15.2. The Kier molecular flexibility index (Phi) is 9.09. The molecular weight excluding hydrogens is 603 g/mol. The summed E-state index contributed by atoms with van der Waals surface area (Å²) in [6.45, 7) is 16.3. The molecule has 9 nitrogen and oxygen atoms in total. The van der Waals surface area contributed by atoms with Gasteiger partial charge in [-0.05, 0) is 43.1 Å². The lowest BCUT2D eigenvalue weighted by atomic mass is 10.0. The van der Waals surface area contributed by atoms with Gasteiger partial charge in [0.1, 0.15) is 36.6 Å². The summed E-state index contributed by atoms with van der Waals surface area (Å²) in [4.78, 5) is 8.42. The van der Waals surface area contributed by atoms with E-state index in [9.17, 15) is 0 Å². The zero-order valence-corrected chi connectivity index (χ0v) is 28.7. The van der Waals surface area contributed by atoms with Gasteiger partial charge in [-0.1, -0.05) is 81.4 Å². The van der Waals surface area contributed by atoms with Crippen LogP contribution in [0.2, 0.25) is 18.1 Å². The molecule has 4 heterocycles. The Morgan fingerprint density at radius 3 is 2.22 bits per heavy atom. The van der Waals surface area contributed by atoms with Gasteiger partial charge in [0.05, 0.1) is 25.3 Å². The smallest absolute Gasteiger partial charge is 0.312 e. The molecule has 4 atom stereocenters. The number of ether oxygens (including phenoxy) is 4. The van der Waals surface area contributed by atoms with Crippen molar-refractivity contribution in [2.45, 2.75) is 103 Å². The molecule has 0 bridgehead atoms. The van der Waals surface area contributed by atoms with Crippen molar-refractivity contribution >= 4 is 19.4 Å². The molecule has 11 heteroatoms. The van der Waals surface area contributed by atoms with Crippen LogP contribution < -0.4 is 10.1 Å². The number of hydrogen-bond donors (Lipinski definition) is 1. The van der Waals surface area contributed by atoms with Crippen molar-refractivity contribution < 1.29 is 27.8 Å². The molecule has 2 aromatic heterocycles. The van der Waals surface area contributed by atoms with Gasteiger partial charge in [0, 0.05) is 11.8 Å². The summed E-state index contributed by atoms with van der Waals surface area (Å²) in [6, 6.07) is 19.2. The van der Waals surface area contributed by atoms with Crippen LogP contribution in [-0.4, -0.2) is 53.5 Å². The third-order valence-corrected chi connectivity index (χ3v) is 13.8. The molecule has 46 heavy (non-hydrogen) atoms. The number of benzene rings is 2. The Bertz CT molecular complexity index is 1640. The molecule has 0 spiro atoms. The summed E-state index contributed by atoms with van der Waals surface area (Å²) in [6.07, 6.45) is 0.465. The van der Waals surface area contributed by atoms with E-state index in [4.69, 9.17) is 23.4 Å². The monoisotopic (exact) mass is 648 g/mol. The second-order valence-corrected chi connectivity index (χ2v) is 19.0. The molecule has 4 aromatic rings. The van der Waals surface area contributed by atoms with E-state index in [1.165, 1.54) is 0 Å². The Labute approximate surface area is 271 Å². The van der Waals surface area contributed by atoms with Gasteiger partial charge in [-0.15, -0.1) is 0 Å². The van der Waals surface area contributed by atoms with Crippen molar-refractivity contribution in [2.24, 2.45) is 0 Å². The number of nitrogens with zero attached hydrogens (tertiary/aromatic N) is 3. The molecule has 0 radical (unpaired) electrons. The highest BCUT2D eigenvalue weighted by atomic mass is 28.4. The van der Waals surface area contributed by atoms with Crippen LogP contribution in [-0.2, 0) is 38.6 Å². The minimum Gasteiger partial charge on any atom is -0.471 e. The highest BCUT2D eigenvalue weighted by Crippen LogP contribution is 2.45. The van der Waals surface area contributed by atoms with E-state index in [1.807, 2.05) is 85.3 Å². The minimum atomic E-state index is -2.03. The number of halogens is 1. The first-order valence-electron chi connectivity index (χ1n) is 15.9. The van der Waals surface area contributed by atoms with Gasteiger partial charge in [0.25, 0.3) is 0 Å². The first kappa shape index (κ1) is 32.7. The number of rotatable bonds is 11. The van der Waals surface area contributed by atoms with Crippen LogP contribution in [0.25, 0.3) is 11.0 Å². The summed E-state index contributed by atoms with van der Waals surface area (Å²) in [5.41, 5.74) is 3.74. The molecule has 2 saturated heterocycles. The molecule has 6 rings (SSSR count). The fourth-order valence-electron chi connectivity index (χ4n) is 5.88. The predicted octanol–water partition coefficient (Wildman–Crippen LogP) is 6.88. The molecule has 2 aromatic carbocycles. The molecule has 1 N–H and O–H groups in total. The number of fused-ring (bicyclic) bond motifs is 2. The third-order valence-electron chi connectivity index (χ3n) is 9.29. The van der Waals surface area contributed by atoms with Crippen LogP contribution in [0.15, 0.2) is 66.9 Å². The van der Waals surface area contributed by atoms with Crippen LogP contribution in [0.3, 0.4) is 0 Å². The van der Waals surface area contributed by atoms with Crippen LogP contribution in [0.4, 0.5) is 4.39 Å². The van der Waals surface area contributed by atoms with Crippen molar-refractivity contribution in [3.63, 3.8) is 0 Å². The van der Waals surface area contributed by atoms with E-state index in [0.717, 1.165) is 16.7 Å². The summed E-state index contributed by atoms with van der Waals surface area (Å²) >= 11 is 0. The van der Waals surface area contributed by atoms with Gasteiger partial charge < -0.3 is 33.3 Å². The van der Waals surface area contributed by atoms with Gasteiger partial charge >= 0.3 is 6.08 Å². The van der Waals surface area contributed by atoms with Crippen LogP contribution in [0.5, 0.6) is 5.88 Å². The topological polar surface area (TPSA) is 88.9 Å². The molecular formula is C35H45FN4O5Si. The largest absolute Gasteiger partial charge is 0.471 e. The summed E-state index contributed by atoms with van der Waals surface area (Å²) in [5, 5.41) is 3.79. The quantitative estimate of drug-likeness (QED) is 0.139. The van der Waals surface area contributed by atoms with E-state index < -0.39 is 20.2 Å². The van der Waals surface area contributed by atoms with E-state index in [1.54, 1.807) is 0 Å². The van der Waals surface area contributed by atoms with E-state index >= 15 is 4.39 Å². The summed E-state index contributed by atoms with van der Waals surface area (Å²) < 4.78 is 49.0. The van der Waals surface area contributed by atoms with Crippen LogP contribution >= 0.6 is 0 Å². The van der Waals surface area contributed by atoms with Gasteiger partial charge in [-0.3, -0.25) is 0 Å². The van der Waals surface area contributed by atoms with Gasteiger partial charge in [-0.2, -0.15) is 14.4 Å². The highest BCUT2D eigenvalue weighted by molar-refractivity contribution is 6.74. The lowest BCUT2D eigenvalue weighted by Gasteiger charge is -2.37. The molecule has 246 valence electrons. The normalized spacial score (nSPS) is 22.8. The highest BCUT2D eigenvalue weighted by Gasteiger charge is 2.55. The molecule has 0 aliphatic carbocycles. The molecule has 0 amide bonds. The van der Waals surface area contributed by atoms with E-state index in [-0.39, 0.29) is 48.5 Å².